The molecule has 0 amide bonds. The molecule has 0 radical (unpaired) electrons. The second kappa shape index (κ2) is 6.39. The Morgan fingerprint density at radius 3 is 2.74 bits per heavy atom. The number of rotatable bonds is 8. The van der Waals surface area contributed by atoms with Crippen molar-refractivity contribution in [3.63, 3.8) is 0 Å². The Morgan fingerprint density at radius 1 is 1.32 bits per heavy atom. The van der Waals surface area contributed by atoms with Crippen molar-refractivity contribution in [2.24, 2.45) is 0 Å². The fourth-order valence-electron chi connectivity index (χ4n) is 1.76. The van der Waals surface area contributed by atoms with E-state index in [1.54, 1.807) is 6.92 Å². The highest BCUT2D eigenvalue weighted by Crippen LogP contribution is 2.22. The van der Waals surface area contributed by atoms with E-state index in [0.29, 0.717) is 6.04 Å². The van der Waals surface area contributed by atoms with Crippen molar-refractivity contribution in [2.75, 3.05) is 18.1 Å². The molecule has 0 atom stereocenters. The lowest BCUT2D eigenvalue weighted by atomic mass is 10.2. The van der Waals surface area contributed by atoms with Crippen LogP contribution in [0.15, 0.2) is 24.3 Å². The first kappa shape index (κ1) is 14.3. The Hall–Kier alpha value is -1.07. The molecule has 0 spiro atoms. The molecule has 106 valence electrons. The second-order valence-corrected chi connectivity index (χ2v) is 7.32. The van der Waals surface area contributed by atoms with Gasteiger partial charge in [0.05, 0.1) is 5.75 Å². The minimum Gasteiger partial charge on any atom is -0.492 e. The van der Waals surface area contributed by atoms with Crippen molar-refractivity contribution < 1.29 is 13.2 Å². The number of sulfone groups is 1. The lowest BCUT2D eigenvalue weighted by molar-refractivity contribution is 0.336. The van der Waals surface area contributed by atoms with Crippen molar-refractivity contribution in [3.05, 3.63) is 29.8 Å². The van der Waals surface area contributed by atoms with E-state index >= 15 is 0 Å². The maximum absolute atomic E-state index is 11.4. The van der Waals surface area contributed by atoms with Crippen molar-refractivity contribution in [1.82, 2.24) is 5.32 Å². The van der Waals surface area contributed by atoms with Gasteiger partial charge in [-0.2, -0.15) is 0 Å². The number of hydrogen-bond acceptors (Lipinski definition) is 4. The third-order valence-electron chi connectivity index (χ3n) is 3.22. The predicted molar refractivity (Wildman–Crippen MR) is 76.1 cm³/mol. The van der Waals surface area contributed by atoms with Crippen LogP contribution in [0.4, 0.5) is 0 Å². The molecule has 0 heterocycles. The molecular formula is C14H21NO3S. The summed E-state index contributed by atoms with van der Waals surface area (Å²) in [5.74, 6) is 1.02. The van der Waals surface area contributed by atoms with Crippen LogP contribution < -0.4 is 10.1 Å². The van der Waals surface area contributed by atoms with Gasteiger partial charge >= 0.3 is 0 Å². The Bertz CT molecular complexity index is 509. The van der Waals surface area contributed by atoms with Gasteiger partial charge in [0.2, 0.25) is 0 Å². The van der Waals surface area contributed by atoms with Gasteiger partial charge < -0.3 is 10.1 Å². The van der Waals surface area contributed by atoms with Gasteiger partial charge in [-0.05, 0) is 18.9 Å². The van der Waals surface area contributed by atoms with Gasteiger partial charge in [-0.25, -0.2) is 8.42 Å². The number of hydrogen-bond donors (Lipinski definition) is 1. The summed E-state index contributed by atoms with van der Waals surface area (Å²) in [6, 6.07) is 8.43. The highest BCUT2D eigenvalue weighted by atomic mass is 32.2. The summed E-state index contributed by atoms with van der Waals surface area (Å²) in [6.07, 6.45) is 2.50. The van der Waals surface area contributed by atoms with Crippen LogP contribution in [0.5, 0.6) is 5.75 Å². The molecule has 1 aromatic rings. The first-order valence-corrected chi connectivity index (χ1v) is 8.57. The van der Waals surface area contributed by atoms with Gasteiger partial charge in [0.1, 0.15) is 12.4 Å². The van der Waals surface area contributed by atoms with Gasteiger partial charge in [0.15, 0.2) is 9.84 Å². The van der Waals surface area contributed by atoms with Crippen molar-refractivity contribution >= 4 is 9.84 Å². The SMILES string of the molecule is CCS(=O)(=O)CCOc1ccccc1CNC1CC1. The molecule has 1 saturated carbocycles. The molecule has 1 aromatic carbocycles. The Balaban J connectivity index is 1.87. The molecular weight excluding hydrogens is 262 g/mol. The van der Waals surface area contributed by atoms with Gasteiger partial charge in [0, 0.05) is 23.9 Å². The molecule has 1 aliphatic carbocycles. The summed E-state index contributed by atoms with van der Waals surface area (Å²) < 4.78 is 28.4. The van der Waals surface area contributed by atoms with E-state index in [9.17, 15) is 8.42 Å². The summed E-state index contributed by atoms with van der Waals surface area (Å²) >= 11 is 0. The van der Waals surface area contributed by atoms with Crippen molar-refractivity contribution in [3.8, 4) is 5.75 Å². The van der Waals surface area contributed by atoms with Gasteiger partial charge in [-0.15, -0.1) is 0 Å². The summed E-state index contributed by atoms with van der Waals surface area (Å²) in [4.78, 5) is 0. The van der Waals surface area contributed by atoms with E-state index in [2.05, 4.69) is 5.32 Å². The standard InChI is InChI=1S/C14H21NO3S/c1-2-19(16,17)10-9-18-14-6-4-3-5-12(14)11-15-13-7-8-13/h3-6,13,15H,2,7-11H2,1H3. The third kappa shape index (κ3) is 4.84. The van der Waals surface area contributed by atoms with Crippen molar-refractivity contribution in [2.45, 2.75) is 32.4 Å². The zero-order valence-corrected chi connectivity index (χ0v) is 12.1. The number of ether oxygens (including phenoxy) is 1. The van der Waals surface area contributed by atoms with Gasteiger partial charge in [-0.1, -0.05) is 25.1 Å². The topological polar surface area (TPSA) is 55.4 Å². The minimum absolute atomic E-state index is 0.0773. The van der Waals surface area contributed by atoms with Crippen LogP contribution in [0.25, 0.3) is 0 Å². The molecule has 0 saturated heterocycles. The lowest BCUT2D eigenvalue weighted by Crippen LogP contribution is -2.18. The highest BCUT2D eigenvalue weighted by molar-refractivity contribution is 7.91. The molecule has 0 aromatic heterocycles. The summed E-state index contributed by atoms with van der Waals surface area (Å²) in [5, 5.41) is 3.43. The fourth-order valence-corrected chi connectivity index (χ4v) is 2.38. The number of benzene rings is 1. The molecule has 5 heteroatoms. The third-order valence-corrected chi connectivity index (χ3v) is 4.89. The molecule has 0 unspecified atom stereocenters. The normalized spacial score (nSPS) is 15.4. The maximum atomic E-state index is 11.4. The van der Waals surface area contributed by atoms with Crippen LogP contribution in [0.1, 0.15) is 25.3 Å². The van der Waals surface area contributed by atoms with Crippen LogP contribution >= 0.6 is 0 Å². The highest BCUT2D eigenvalue weighted by Gasteiger charge is 2.20. The van der Waals surface area contributed by atoms with Crippen LogP contribution in [-0.2, 0) is 16.4 Å². The van der Waals surface area contributed by atoms with Crippen LogP contribution in [0, 0.1) is 0 Å². The molecule has 4 nitrogen and oxygen atoms in total. The van der Waals surface area contributed by atoms with Gasteiger partial charge in [-0.3, -0.25) is 0 Å². The molecule has 1 aliphatic rings. The smallest absolute Gasteiger partial charge is 0.153 e. The van der Waals surface area contributed by atoms with Crippen LogP contribution in [0.2, 0.25) is 0 Å². The zero-order chi connectivity index (χ0) is 13.7. The monoisotopic (exact) mass is 283 g/mol. The fraction of sp³-hybridized carbons (Fsp3) is 0.571. The van der Waals surface area contributed by atoms with Crippen molar-refractivity contribution in [1.29, 1.82) is 0 Å². The second-order valence-electron chi connectivity index (χ2n) is 4.85. The molecule has 0 bridgehead atoms. The summed E-state index contributed by atoms with van der Waals surface area (Å²) in [5.41, 5.74) is 1.09. The minimum atomic E-state index is -2.96. The quantitative estimate of drug-likeness (QED) is 0.790. The Labute approximate surface area is 115 Å². The van der Waals surface area contributed by atoms with Crippen LogP contribution in [-0.4, -0.2) is 32.6 Å². The number of para-hydroxylation sites is 1. The van der Waals surface area contributed by atoms with E-state index < -0.39 is 9.84 Å². The summed E-state index contributed by atoms with van der Waals surface area (Å²) in [7, 11) is -2.96. The molecule has 19 heavy (non-hydrogen) atoms. The zero-order valence-electron chi connectivity index (χ0n) is 11.3. The molecule has 0 aliphatic heterocycles. The Morgan fingerprint density at radius 2 is 2.05 bits per heavy atom. The van der Waals surface area contributed by atoms with Crippen LogP contribution in [0.3, 0.4) is 0 Å². The predicted octanol–water partition coefficient (Wildman–Crippen LogP) is 1.75. The van der Waals surface area contributed by atoms with Gasteiger partial charge in [0.25, 0.3) is 0 Å². The first-order valence-electron chi connectivity index (χ1n) is 6.75. The van der Waals surface area contributed by atoms with E-state index in [1.165, 1.54) is 12.8 Å². The average Bonchev–Trinajstić information content (AvgIpc) is 3.21. The molecule has 1 fully saturated rings. The van der Waals surface area contributed by atoms with E-state index in [-0.39, 0.29) is 18.1 Å². The Kier molecular flexibility index (Phi) is 4.82. The average molecular weight is 283 g/mol. The molecule has 2 rings (SSSR count). The van der Waals surface area contributed by atoms with E-state index in [1.807, 2.05) is 24.3 Å². The number of nitrogens with one attached hydrogen (secondary N) is 1. The van der Waals surface area contributed by atoms with E-state index in [4.69, 9.17) is 4.74 Å². The largest absolute Gasteiger partial charge is 0.492 e. The van der Waals surface area contributed by atoms with E-state index in [0.717, 1.165) is 17.9 Å². The first-order chi connectivity index (χ1) is 9.11. The lowest BCUT2D eigenvalue weighted by Gasteiger charge is -2.11. The molecule has 1 N–H and O–H groups in total. The summed E-state index contributed by atoms with van der Waals surface area (Å²) in [6.45, 7) is 2.65. The maximum Gasteiger partial charge on any atom is 0.153 e.